The second-order valence-corrected chi connectivity index (χ2v) is 5.79. The van der Waals surface area contributed by atoms with Crippen LogP contribution in [-0.2, 0) is 6.54 Å². The van der Waals surface area contributed by atoms with E-state index in [1.807, 2.05) is 31.3 Å². The summed E-state index contributed by atoms with van der Waals surface area (Å²) in [5, 5.41) is 18.9. The average molecular weight is 327 g/mol. The highest BCUT2D eigenvalue weighted by Gasteiger charge is 2.13. The lowest BCUT2D eigenvalue weighted by atomic mass is 10.2. The molecule has 0 aromatic heterocycles. The number of aliphatic hydroxyl groups excluding tert-OH is 1. The number of nitrogens with one attached hydrogen (secondary N) is 1. The van der Waals surface area contributed by atoms with Crippen molar-refractivity contribution in [3.8, 4) is 17.6 Å². The van der Waals surface area contributed by atoms with Crippen molar-refractivity contribution in [2.75, 3.05) is 27.3 Å². The number of ether oxygens (including phenoxy) is 2. The number of nitrogens with zero attached hydrogens (tertiary/aromatic N) is 1. The fourth-order valence-corrected chi connectivity index (χ4v) is 2.44. The van der Waals surface area contributed by atoms with Crippen molar-refractivity contribution in [1.29, 1.82) is 5.26 Å². The SMILES string of the molecule is COc1ccc(C[NH+](C)C[C@H](O)COc2ccc(C#N)cc2)cc1. The first kappa shape index (κ1) is 17.8. The minimum atomic E-state index is -0.557. The average Bonchev–Trinajstić information content (AvgIpc) is 2.61. The number of benzene rings is 2. The Morgan fingerprint density at radius 3 is 2.29 bits per heavy atom. The molecule has 0 bridgehead atoms. The first-order chi connectivity index (χ1) is 11.6. The van der Waals surface area contributed by atoms with Crippen LogP contribution in [0.4, 0.5) is 0 Å². The number of hydrogen-bond donors (Lipinski definition) is 2. The Hall–Kier alpha value is -2.55. The number of methoxy groups -OCH3 is 1. The molecule has 2 aromatic carbocycles. The third kappa shape index (κ3) is 5.58. The third-order valence-corrected chi connectivity index (χ3v) is 3.67. The lowest BCUT2D eigenvalue weighted by Crippen LogP contribution is -3.09. The number of quaternary nitrogens is 1. The van der Waals surface area contributed by atoms with Gasteiger partial charge < -0.3 is 19.5 Å². The lowest BCUT2D eigenvalue weighted by molar-refractivity contribution is -0.897. The Labute approximate surface area is 142 Å². The fourth-order valence-electron chi connectivity index (χ4n) is 2.44. The molecule has 5 nitrogen and oxygen atoms in total. The Kier molecular flexibility index (Phi) is 6.62. The molecule has 0 spiro atoms. The van der Waals surface area contributed by atoms with Gasteiger partial charge in [-0.05, 0) is 48.5 Å². The summed E-state index contributed by atoms with van der Waals surface area (Å²) in [6.45, 7) is 1.63. The van der Waals surface area contributed by atoms with Crippen molar-refractivity contribution in [3.05, 3.63) is 59.7 Å². The van der Waals surface area contributed by atoms with E-state index in [0.29, 0.717) is 17.9 Å². The maximum atomic E-state index is 10.1. The third-order valence-electron chi connectivity index (χ3n) is 3.67. The van der Waals surface area contributed by atoms with E-state index in [1.54, 1.807) is 31.4 Å². The number of nitriles is 1. The molecule has 0 aliphatic rings. The van der Waals surface area contributed by atoms with Crippen molar-refractivity contribution >= 4 is 0 Å². The summed E-state index contributed by atoms with van der Waals surface area (Å²) in [7, 11) is 3.69. The standard InChI is InChI=1S/C19H22N2O3/c1-21(12-16-5-7-18(23-2)8-6-16)13-17(22)14-24-19-9-3-15(11-20)4-10-19/h3-10,17,22H,12-14H2,1-2H3/p+1/t17-/m0/s1. The lowest BCUT2D eigenvalue weighted by Gasteiger charge is -2.18. The predicted molar refractivity (Wildman–Crippen MR) is 91.1 cm³/mol. The normalized spacial score (nSPS) is 12.9. The van der Waals surface area contributed by atoms with Crippen LogP contribution in [0.3, 0.4) is 0 Å². The highest BCUT2D eigenvalue weighted by molar-refractivity contribution is 5.34. The second-order valence-electron chi connectivity index (χ2n) is 5.79. The van der Waals surface area contributed by atoms with Crippen LogP contribution >= 0.6 is 0 Å². The predicted octanol–water partition coefficient (Wildman–Crippen LogP) is 1.02. The molecule has 0 saturated carbocycles. The van der Waals surface area contributed by atoms with E-state index < -0.39 is 6.10 Å². The van der Waals surface area contributed by atoms with Gasteiger partial charge in [-0.2, -0.15) is 5.26 Å². The fraction of sp³-hybridized carbons (Fsp3) is 0.316. The molecule has 2 atom stereocenters. The molecule has 5 heteroatoms. The van der Waals surface area contributed by atoms with Crippen LogP contribution in [0.5, 0.6) is 11.5 Å². The molecule has 0 aliphatic heterocycles. The highest BCUT2D eigenvalue weighted by atomic mass is 16.5. The number of rotatable bonds is 8. The molecule has 0 amide bonds. The summed E-state index contributed by atoms with van der Waals surface area (Å²) in [4.78, 5) is 1.19. The molecule has 126 valence electrons. The smallest absolute Gasteiger partial charge is 0.137 e. The number of likely N-dealkylation sites (N-methyl/N-ethyl adjacent to an activating group) is 1. The van der Waals surface area contributed by atoms with E-state index in [-0.39, 0.29) is 6.61 Å². The van der Waals surface area contributed by atoms with E-state index >= 15 is 0 Å². The first-order valence-electron chi connectivity index (χ1n) is 7.86. The Morgan fingerprint density at radius 1 is 1.08 bits per heavy atom. The zero-order valence-corrected chi connectivity index (χ0v) is 14.0. The van der Waals surface area contributed by atoms with Crippen molar-refractivity contribution in [3.63, 3.8) is 0 Å². The van der Waals surface area contributed by atoms with E-state index in [4.69, 9.17) is 14.7 Å². The van der Waals surface area contributed by atoms with Crippen molar-refractivity contribution in [1.82, 2.24) is 0 Å². The van der Waals surface area contributed by atoms with E-state index in [1.165, 1.54) is 10.5 Å². The van der Waals surface area contributed by atoms with Gasteiger partial charge in [0.1, 0.15) is 37.3 Å². The van der Waals surface area contributed by atoms with Crippen LogP contribution < -0.4 is 14.4 Å². The van der Waals surface area contributed by atoms with Crippen LogP contribution in [0.2, 0.25) is 0 Å². The zero-order valence-electron chi connectivity index (χ0n) is 14.0. The van der Waals surface area contributed by atoms with E-state index in [9.17, 15) is 5.11 Å². The van der Waals surface area contributed by atoms with Gasteiger partial charge in [-0.1, -0.05) is 0 Å². The van der Waals surface area contributed by atoms with Gasteiger partial charge >= 0.3 is 0 Å². The molecular weight excluding hydrogens is 304 g/mol. The van der Waals surface area contributed by atoms with Crippen molar-refractivity contribution in [2.24, 2.45) is 0 Å². The van der Waals surface area contributed by atoms with Gasteiger partial charge in [0.15, 0.2) is 0 Å². The van der Waals surface area contributed by atoms with Crippen LogP contribution in [-0.4, -0.2) is 38.5 Å². The molecule has 0 radical (unpaired) electrons. The molecule has 0 aliphatic carbocycles. The zero-order chi connectivity index (χ0) is 17.4. The molecule has 0 saturated heterocycles. The van der Waals surface area contributed by atoms with Gasteiger partial charge in [-0.15, -0.1) is 0 Å². The molecule has 0 heterocycles. The van der Waals surface area contributed by atoms with E-state index in [2.05, 4.69) is 6.07 Å². The topological polar surface area (TPSA) is 66.9 Å². The Bertz CT molecular complexity index is 663. The van der Waals surface area contributed by atoms with Gasteiger partial charge in [0.25, 0.3) is 0 Å². The Balaban J connectivity index is 1.75. The summed E-state index contributed by atoms with van der Waals surface area (Å²) < 4.78 is 10.7. The largest absolute Gasteiger partial charge is 0.497 e. The maximum Gasteiger partial charge on any atom is 0.137 e. The van der Waals surface area contributed by atoms with Gasteiger partial charge in [-0.25, -0.2) is 0 Å². The highest BCUT2D eigenvalue weighted by Crippen LogP contribution is 2.12. The van der Waals surface area contributed by atoms with Gasteiger partial charge in [0, 0.05) is 5.56 Å². The number of aliphatic hydroxyl groups is 1. The summed E-state index contributed by atoms with van der Waals surface area (Å²) in [5.41, 5.74) is 1.78. The van der Waals surface area contributed by atoms with Crippen molar-refractivity contribution in [2.45, 2.75) is 12.6 Å². The maximum absolute atomic E-state index is 10.1. The van der Waals surface area contributed by atoms with Crippen LogP contribution in [0.15, 0.2) is 48.5 Å². The summed E-state index contributed by atoms with van der Waals surface area (Å²) >= 11 is 0. The van der Waals surface area contributed by atoms with Crippen molar-refractivity contribution < 1.29 is 19.5 Å². The molecular formula is C19H23N2O3+. The minimum absolute atomic E-state index is 0.228. The molecule has 24 heavy (non-hydrogen) atoms. The number of hydrogen-bond acceptors (Lipinski definition) is 4. The Morgan fingerprint density at radius 2 is 1.71 bits per heavy atom. The first-order valence-corrected chi connectivity index (χ1v) is 7.86. The molecule has 2 N–H and O–H groups in total. The molecule has 0 fully saturated rings. The van der Waals surface area contributed by atoms with E-state index in [0.717, 1.165) is 12.3 Å². The van der Waals surface area contributed by atoms with Crippen LogP contribution in [0, 0.1) is 11.3 Å². The second kappa shape index (κ2) is 8.92. The van der Waals surface area contributed by atoms with Crippen LogP contribution in [0.25, 0.3) is 0 Å². The van der Waals surface area contributed by atoms with Crippen LogP contribution in [0.1, 0.15) is 11.1 Å². The molecule has 2 aromatic rings. The summed E-state index contributed by atoms with van der Waals surface area (Å²) in [5.74, 6) is 1.49. The molecule has 1 unspecified atom stereocenters. The summed E-state index contributed by atoms with van der Waals surface area (Å²) in [6, 6.07) is 16.9. The monoisotopic (exact) mass is 327 g/mol. The quantitative estimate of drug-likeness (QED) is 0.760. The van der Waals surface area contributed by atoms with Gasteiger partial charge in [0.05, 0.1) is 25.8 Å². The van der Waals surface area contributed by atoms with Gasteiger partial charge in [0.2, 0.25) is 0 Å². The van der Waals surface area contributed by atoms with Gasteiger partial charge in [-0.3, -0.25) is 0 Å². The minimum Gasteiger partial charge on any atom is -0.497 e. The summed E-state index contributed by atoms with van der Waals surface area (Å²) in [6.07, 6.45) is -0.557. The molecule has 2 rings (SSSR count).